The molecule has 0 aromatic heterocycles. The van der Waals surface area contributed by atoms with Gasteiger partial charge < -0.3 is 14.8 Å². The molecule has 0 unspecified atom stereocenters. The maximum Gasteiger partial charge on any atom is 0.165 e. The van der Waals surface area contributed by atoms with Crippen LogP contribution in [0.5, 0.6) is 11.5 Å². The predicted molar refractivity (Wildman–Crippen MR) is 66.4 cm³/mol. The lowest BCUT2D eigenvalue weighted by Crippen LogP contribution is -2.22. The Bertz CT molecular complexity index is 342. The Hall–Kier alpha value is -1.29. The number of rotatable bonds is 7. The maximum absolute atomic E-state index is 12.2. The minimum atomic E-state index is -0.505. The van der Waals surface area contributed by atoms with E-state index in [-0.39, 0.29) is 6.61 Å². The largest absolute Gasteiger partial charge is 0.493 e. The van der Waals surface area contributed by atoms with Crippen LogP contribution in [0.3, 0.4) is 0 Å². The monoisotopic (exact) mass is 241 g/mol. The SMILES string of the molecule is COc1cccc(CNC(C)C)c1OCCF. The second kappa shape index (κ2) is 7.12. The van der Waals surface area contributed by atoms with Crippen LogP contribution in [0.15, 0.2) is 18.2 Å². The van der Waals surface area contributed by atoms with Gasteiger partial charge in [0.2, 0.25) is 0 Å². The van der Waals surface area contributed by atoms with Crippen molar-refractivity contribution < 1.29 is 13.9 Å². The Morgan fingerprint density at radius 2 is 2.12 bits per heavy atom. The van der Waals surface area contributed by atoms with Crippen LogP contribution in [0.1, 0.15) is 19.4 Å². The van der Waals surface area contributed by atoms with Gasteiger partial charge in [0.05, 0.1) is 7.11 Å². The zero-order valence-electron chi connectivity index (χ0n) is 10.6. The molecular formula is C13H20FNO2. The lowest BCUT2D eigenvalue weighted by atomic mass is 10.1. The molecule has 0 aliphatic rings. The van der Waals surface area contributed by atoms with Gasteiger partial charge in [0.1, 0.15) is 13.3 Å². The van der Waals surface area contributed by atoms with Crippen molar-refractivity contribution in [1.82, 2.24) is 5.32 Å². The summed E-state index contributed by atoms with van der Waals surface area (Å²) in [7, 11) is 1.58. The van der Waals surface area contributed by atoms with Crippen molar-refractivity contribution in [3.05, 3.63) is 23.8 Å². The van der Waals surface area contributed by atoms with Crippen LogP contribution < -0.4 is 14.8 Å². The molecule has 0 aliphatic carbocycles. The highest BCUT2D eigenvalue weighted by atomic mass is 19.1. The molecule has 96 valence electrons. The fraction of sp³-hybridized carbons (Fsp3) is 0.538. The van der Waals surface area contributed by atoms with Crippen LogP contribution >= 0.6 is 0 Å². The van der Waals surface area contributed by atoms with Gasteiger partial charge in [-0.2, -0.15) is 0 Å². The van der Waals surface area contributed by atoms with E-state index < -0.39 is 6.67 Å². The van der Waals surface area contributed by atoms with Crippen molar-refractivity contribution in [2.45, 2.75) is 26.4 Å². The Morgan fingerprint density at radius 3 is 2.71 bits per heavy atom. The van der Waals surface area contributed by atoms with Gasteiger partial charge >= 0.3 is 0 Å². The highest BCUT2D eigenvalue weighted by Gasteiger charge is 2.10. The zero-order valence-corrected chi connectivity index (χ0v) is 10.6. The first-order valence-corrected chi connectivity index (χ1v) is 5.77. The van der Waals surface area contributed by atoms with Crippen molar-refractivity contribution in [3.8, 4) is 11.5 Å². The van der Waals surface area contributed by atoms with Gasteiger partial charge in [-0.05, 0) is 6.07 Å². The standard InChI is InChI=1S/C13H20FNO2/c1-10(2)15-9-11-5-4-6-12(16-3)13(11)17-8-7-14/h4-6,10,15H,7-9H2,1-3H3. The molecule has 1 N–H and O–H groups in total. The van der Waals surface area contributed by atoms with Gasteiger partial charge in [-0.3, -0.25) is 0 Å². The number of para-hydroxylation sites is 1. The number of halogens is 1. The number of nitrogens with one attached hydrogen (secondary N) is 1. The van der Waals surface area contributed by atoms with Gasteiger partial charge in [0.15, 0.2) is 11.5 Å². The van der Waals surface area contributed by atoms with Crippen LogP contribution in [0, 0.1) is 0 Å². The molecule has 0 heterocycles. The molecule has 4 heteroatoms. The number of hydrogen-bond donors (Lipinski definition) is 1. The first kappa shape index (κ1) is 13.8. The van der Waals surface area contributed by atoms with Crippen molar-refractivity contribution >= 4 is 0 Å². The molecule has 17 heavy (non-hydrogen) atoms. The van der Waals surface area contributed by atoms with Crippen molar-refractivity contribution in [2.24, 2.45) is 0 Å². The van der Waals surface area contributed by atoms with Gasteiger partial charge in [0.25, 0.3) is 0 Å². The molecule has 0 saturated carbocycles. The average molecular weight is 241 g/mol. The quantitative estimate of drug-likeness (QED) is 0.795. The molecule has 1 aromatic carbocycles. The van der Waals surface area contributed by atoms with Crippen molar-refractivity contribution in [1.29, 1.82) is 0 Å². The van der Waals surface area contributed by atoms with Crippen LogP contribution in [-0.2, 0) is 6.54 Å². The van der Waals surface area contributed by atoms with Gasteiger partial charge in [0, 0.05) is 18.2 Å². The first-order valence-electron chi connectivity index (χ1n) is 5.77. The summed E-state index contributed by atoms with van der Waals surface area (Å²) in [5, 5.41) is 3.30. The van der Waals surface area contributed by atoms with Crippen LogP contribution in [0.25, 0.3) is 0 Å². The molecule has 0 saturated heterocycles. The van der Waals surface area contributed by atoms with Gasteiger partial charge in [-0.1, -0.05) is 26.0 Å². The lowest BCUT2D eigenvalue weighted by molar-refractivity contribution is 0.257. The molecule has 0 bridgehead atoms. The molecule has 3 nitrogen and oxygen atoms in total. The van der Waals surface area contributed by atoms with Crippen molar-refractivity contribution in [3.63, 3.8) is 0 Å². The van der Waals surface area contributed by atoms with E-state index >= 15 is 0 Å². The summed E-state index contributed by atoms with van der Waals surface area (Å²) in [6, 6.07) is 6.05. The fourth-order valence-corrected chi connectivity index (χ4v) is 1.48. The highest BCUT2D eigenvalue weighted by Crippen LogP contribution is 2.31. The second-order valence-corrected chi connectivity index (χ2v) is 4.02. The second-order valence-electron chi connectivity index (χ2n) is 4.02. The van der Waals surface area contributed by atoms with E-state index in [0.29, 0.717) is 24.1 Å². The van der Waals surface area contributed by atoms with E-state index in [1.807, 2.05) is 18.2 Å². The summed E-state index contributed by atoms with van der Waals surface area (Å²) in [5.74, 6) is 1.27. The molecular weight excluding hydrogens is 221 g/mol. The van der Waals surface area contributed by atoms with Crippen LogP contribution in [0.2, 0.25) is 0 Å². The molecule has 0 spiro atoms. The lowest BCUT2D eigenvalue weighted by Gasteiger charge is -2.15. The minimum Gasteiger partial charge on any atom is -0.493 e. The normalized spacial score (nSPS) is 10.6. The average Bonchev–Trinajstić information content (AvgIpc) is 2.33. The number of alkyl halides is 1. The van der Waals surface area contributed by atoms with Crippen molar-refractivity contribution in [2.75, 3.05) is 20.4 Å². The molecule has 0 atom stereocenters. The molecule has 0 aliphatic heterocycles. The summed E-state index contributed by atoms with van der Waals surface area (Å²) in [4.78, 5) is 0. The Balaban J connectivity index is 2.85. The van der Waals surface area contributed by atoms with E-state index in [1.54, 1.807) is 7.11 Å². The summed E-state index contributed by atoms with van der Waals surface area (Å²) in [6.45, 7) is 4.37. The summed E-state index contributed by atoms with van der Waals surface area (Å²) < 4.78 is 22.8. The van der Waals surface area contributed by atoms with Crippen LogP contribution in [-0.4, -0.2) is 26.4 Å². The molecule has 1 aromatic rings. The number of ether oxygens (including phenoxy) is 2. The fourth-order valence-electron chi connectivity index (χ4n) is 1.48. The number of methoxy groups -OCH3 is 1. The van der Waals surface area contributed by atoms with E-state index in [0.717, 1.165) is 5.56 Å². The number of benzene rings is 1. The maximum atomic E-state index is 12.2. The smallest absolute Gasteiger partial charge is 0.165 e. The van der Waals surface area contributed by atoms with E-state index in [4.69, 9.17) is 9.47 Å². The third kappa shape index (κ3) is 4.23. The molecule has 1 rings (SSSR count). The first-order chi connectivity index (χ1) is 8.19. The molecule has 0 radical (unpaired) electrons. The van der Waals surface area contributed by atoms with E-state index in [9.17, 15) is 4.39 Å². The highest BCUT2D eigenvalue weighted by molar-refractivity contribution is 5.46. The minimum absolute atomic E-state index is 0.0506. The third-order valence-corrected chi connectivity index (χ3v) is 2.30. The Kier molecular flexibility index (Phi) is 5.77. The summed E-state index contributed by atoms with van der Waals surface area (Å²) >= 11 is 0. The summed E-state index contributed by atoms with van der Waals surface area (Å²) in [5.41, 5.74) is 0.978. The summed E-state index contributed by atoms with van der Waals surface area (Å²) in [6.07, 6.45) is 0. The van der Waals surface area contributed by atoms with Gasteiger partial charge in [-0.25, -0.2) is 4.39 Å². The molecule has 0 fully saturated rings. The van der Waals surface area contributed by atoms with Crippen LogP contribution in [0.4, 0.5) is 4.39 Å². The topological polar surface area (TPSA) is 30.5 Å². The predicted octanol–water partition coefficient (Wildman–Crippen LogP) is 2.54. The Labute approximate surface area is 102 Å². The zero-order chi connectivity index (χ0) is 12.7. The van der Waals surface area contributed by atoms with E-state index in [2.05, 4.69) is 19.2 Å². The van der Waals surface area contributed by atoms with Gasteiger partial charge in [-0.15, -0.1) is 0 Å². The Morgan fingerprint density at radius 1 is 1.35 bits per heavy atom. The molecule has 0 amide bonds. The third-order valence-electron chi connectivity index (χ3n) is 2.30. The number of hydrogen-bond acceptors (Lipinski definition) is 3. The van der Waals surface area contributed by atoms with E-state index in [1.165, 1.54) is 0 Å².